The van der Waals surface area contributed by atoms with Crippen LogP contribution >= 0.6 is 0 Å². The maximum absolute atomic E-state index is 12.3. The number of hydrogen-bond donors (Lipinski definition) is 1. The molecule has 6 heteroatoms. The molecule has 1 atom stereocenters. The third kappa shape index (κ3) is 2.64. The number of nitrogens with one attached hydrogen (secondary N) is 1. The van der Waals surface area contributed by atoms with Gasteiger partial charge in [-0.3, -0.25) is 9.59 Å². The fourth-order valence-corrected chi connectivity index (χ4v) is 2.20. The molecule has 1 aliphatic rings. The predicted octanol–water partition coefficient (Wildman–Crippen LogP) is 0.715. The number of methoxy groups -OCH3 is 1. The van der Waals surface area contributed by atoms with Crippen LogP contribution in [0.25, 0.3) is 0 Å². The first kappa shape index (κ1) is 14.0. The minimum absolute atomic E-state index is 0.127. The Morgan fingerprint density at radius 2 is 2.05 bits per heavy atom. The fourth-order valence-electron chi connectivity index (χ4n) is 2.20. The van der Waals surface area contributed by atoms with Gasteiger partial charge in [0, 0.05) is 13.5 Å². The van der Waals surface area contributed by atoms with E-state index in [0.29, 0.717) is 24.1 Å². The van der Waals surface area contributed by atoms with Gasteiger partial charge in [0.25, 0.3) is 0 Å². The van der Waals surface area contributed by atoms with E-state index in [1.165, 1.54) is 12.0 Å². The number of esters is 1. The summed E-state index contributed by atoms with van der Waals surface area (Å²) in [4.78, 5) is 36.6. The highest BCUT2D eigenvalue weighted by Crippen LogP contribution is 2.22. The third-order valence-corrected chi connectivity index (χ3v) is 3.29. The maximum Gasteiger partial charge on any atom is 0.339 e. The molecule has 1 aromatic rings. The summed E-state index contributed by atoms with van der Waals surface area (Å²) in [6.45, 7) is 0. The minimum Gasteiger partial charge on any atom is -0.465 e. The topological polar surface area (TPSA) is 75.7 Å². The fraction of sp³-hybridized carbons (Fsp3) is 0.357. The lowest BCUT2D eigenvalue weighted by Crippen LogP contribution is -2.43. The van der Waals surface area contributed by atoms with Gasteiger partial charge in [-0.1, -0.05) is 12.1 Å². The van der Waals surface area contributed by atoms with E-state index in [1.54, 1.807) is 31.3 Å². The van der Waals surface area contributed by atoms with Crippen LogP contribution in [0.1, 0.15) is 23.2 Å². The average Bonchev–Trinajstić information content (AvgIpc) is 2.91. The van der Waals surface area contributed by atoms with Gasteiger partial charge in [0.05, 0.1) is 18.4 Å². The Bertz CT molecular complexity index is 556. The molecule has 20 heavy (non-hydrogen) atoms. The smallest absolute Gasteiger partial charge is 0.339 e. The summed E-state index contributed by atoms with van der Waals surface area (Å²) in [6.07, 6.45) is 0.825. The van der Waals surface area contributed by atoms with E-state index in [2.05, 4.69) is 5.32 Å². The molecular formula is C14H16N2O4. The van der Waals surface area contributed by atoms with Crippen LogP contribution in [0, 0.1) is 0 Å². The number of carbonyl (C=O) groups is 3. The normalized spacial score (nSPS) is 17.5. The van der Waals surface area contributed by atoms with Crippen LogP contribution < -0.4 is 10.2 Å². The largest absolute Gasteiger partial charge is 0.465 e. The Labute approximate surface area is 116 Å². The Hall–Kier alpha value is -2.37. The summed E-state index contributed by atoms with van der Waals surface area (Å²) in [6, 6.07) is 6.17. The molecule has 0 saturated carbocycles. The molecule has 0 spiro atoms. The number of para-hydroxylation sites is 1. The van der Waals surface area contributed by atoms with Crippen molar-refractivity contribution in [3.63, 3.8) is 0 Å². The number of ether oxygens (including phenoxy) is 1. The van der Waals surface area contributed by atoms with Crippen LogP contribution in [0.4, 0.5) is 5.69 Å². The van der Waals surface area contributed by atoms with Crippen LogP contribution in [-0.4, -0.2) is 38.0 Å². The molecule has 1 aromatic carbocycles. The highest BCUT2D eigenvalue weighted by atomic mass is 16.5. The highest BCUT2D eigenvalue weighted by Gasteiger charge is 2.31. The Morgan fingerprint density at radius 3 is 2.65 bits per heavy atom. The number of hydrogen-bond acceptors (Lipinski definition) is 4. The molecule has 6 nitrogen and oxygen atoms in total. The summed E-state index contributed by atoms with van der Waals surface area (Å²) in [7, 11) is 2.87. The lowest BCUT2D eigenvalue weighted by atomic mass is 10.1. The maximum atomic E-state index is 12.3. The highest BCUT2D eigenvalue weighted by molar-refractivity contribution is 6.05. The van der Waals surface area contributed by atoms with Gasteiger partial charge >= 0.3 is 5.97 Å². The Morgan fingerprint density at radius 1 is 1.35 bits per heavy atom. The lowest BCUT2D eigenvalue weighted by Gasteiger charge is -2.22. The second-order valence-electron chi connectivity index (χ2n) is 4.56. The third-order valence-electron chi connectivity index (χ3n) is 3.29. The minimum atomic E-state index is -0.529. The predicted molar refractivity (Wildman–Crippen MR) is 72.4 cm³/mol. The van der Waals surface area contributed by atoms with E-state index in [0.717, 1.165) is 0 Å². The van der Waals surface area contributed by atoms with Crippen molar-refractivity contribution in [3.8, 4) is 0 Å². The van der Waals surface area contributed by atoms with Gasteiger partial charge in [0.2, 0.25) is 11.8 Å². The summed E-state index contributed by atoms with van der Waals surface area (Å²) >= 11 is 0. The van der Waals surface area contributed by atoms with Crippen molar-refractivity contribution in [1.29, 1.82) is 0 Å². The number of anilines is 1. The molecular weight excluding hydrogens is 260 g/mol. The molecule has 2 rings (SSSR count). The first-order valence-electron chi connectivity index (χ1n) is 6.29. The number of likely N-dealkylation sites (N-methyl/N-ethyl adjacent to an activating group) is 1. The summed E-state index contributed by atoms with van der Waals surface area (Å²) in [5.41, 5.74) is 0.778. The zero-order chi connectivity index (χ0) is 14.7. The zero-order valence-corrected chi connectivity index (χ0v) is 11.4. The lowest BCUT2D eigenvalue weighted by molar-refractivity contribution is -0.123. The molecule has 1 saturated heterocycles. The summed E-state index contributed by atoms with van der Waals surface area (Å²) in [5, 5.41) is 2.62. The molecule has 1 fully saturated rings. The van der Waals surface area contributed by atoms with Crippen LogP contribution in [0.2, 0.25) is 0 Å². The van der Waals surface area contributed by atoms with Gasteiger partial charge in [-0.15, -0.1) is 0 Å². The first-order valence-corrected chi connectivity index (χ1v) is 6.29. The van der Waals surface area contributed by atoms with Gasteiger partial charge in [-0.05, 0) is 18.6 Å². The Kier molecular flexibility index (Phi) is 4.02. The Balaban J connectivity index is 2.24. The van der Waals surface area contributed by atoms with Crippen molar-refractivity contribution in [1.82, 2.24) is 5.32 Å². The van der Waals surface area contributed by atoms with E-state index in [4.69, 9.17) is 4.74 Å². The molecule has 1 aliphatic heterocycles. The van der Waals surface area contributed by atoms with E-state index in [-0.39, 0.29) is 11.8 Å². The van der Waals surface area contributed by atoms with E-state index in [9.17, 15) is 14.4 Å². The number of carbonyl (C=O) groups excluding carboxylic acids is 3. The van der Waals surface area contributed by atoms with Crippen LogP contribution in [0.3, 0.4) is 0 Å². The zero-order valence-electron chi connectivity index (χ0n) is 11.4. The molecule has 0 bridgehead atoms. The van der Waals surface area contributed by atoms with Crippen molar-refractivity contribution in [2.45, 2.75) is 18.9 Å². The quantitative estimate of drug-likeness (QED) is 0.825. The van der Waals surface area contributed by atoms with Crippen molar-refractivity contribution in [2.75, 3.05) is 19.1 Å². The van der Waals surface area contributed by atoms with E-state index in [1.807, 2.05) is 0 Å². The SMILES string of the molecule is COC(=O)c1ccccc1N(C)C(=O)[C@H]1CCC(=O)N1. The second-order valence-corrected chi connectivity index (χ2v) is 4.56. The van der Waals surface area contributed by atoms with Crippen molar-refractivity contribution < 1.29 is 19.1 Å². The van der Waals surface area contributed by atoms with Crippen LogP contribution in [0.5, 0.6) is 0 Å². The van der Waals surface area contributed by atoms with Gasteiger partial charge < -0.3 is 15.0 Å². The van der Waals surface area contributed by atoms with Crippen molar-refractivity contribution in [2.24, 2.45) is 0 Å². The van der Waals surface area contributed by atoms with Gasteiger partial charge in [-0.2, -0.15) is 0 Å². The second kappa shape index (κ2) is 5.73. The number of benzene rings is 1. The molecule has 1 heterocycles. The van der Waals surface area contributed by atoms with Crippen molar-refractivity contribution in [3.05, 3.63) is 29.8 Å². The summed E-state index contributed by atoms with van der Waals surface area (Å²) in [5.74, 6) is -0.874. The molecule has 1 N–H and O–H groups in total. The molecule has 0 aliphatic carbocycles. The van der Waals surface area contributed by atoms with Gasteiger partial charge in [0.1, 0.15) is 6.04 Å². The summed E-state index contributed by atoms with van der Waals surface area (Å²) < 4.78 is 4.70. The van der Waals surface area contributed by atoms with Crippen LogP contribution in [-0.2, 0) is 14.3 Å². The number of nitrogens with zero attached hydrogens (tertiary/aromatic N) is 1. The van der Waals surface area contributed by atoms with E-state index < -0.39 is 12.0 Å². The molecule has 0 unspecified atom stereocenters. The number of amides is 2. The molecule has 106 valence electrons. The first-order chi connectivity index (χ1) is 9.54. The standard InChI is InChI=1S/C14H16N2O4/c1-16(13(18)10-7-8-12(17)15-10)11-6-4-3-5-9(11)14(19)20-2/h3-6,10H,7-8H2,1-2H3,(H,15,17)/t10-/m1/s1. The number of rotatable bonds is 3. The van der Waals surface area contributed by atoms with Crippen molar-refractivity contribution >= 4 is 23.5 Å². The van der Waals surface area contributed by atoms with Crippen LogP contribution in [0.15, 0.2) is 24.3 Å². The van der Waals surface area contributed by atoms with Gasteiger partial charge in [-0.25, -0.2) is 4.79 Å². The van der Waals surface area contributed by atoms with E-state index >= 15 is 0 Å². The molecule has 0 aromatic heterocycles. The average molecular weight is 276 g/mol. The monoisotopic (exact) mass is 276 g/mol. The van der Waals surface area contributed by atoms with Gasteiger partial charge in [0.15, 0.2) is 0 Å². The molecule has 2 amide bonds. The molecule has 0 radical (unpaired) electrons.